The highest BCUT2D eigenvalue weighted by Gasteiger charge is 2.18. The Morgan fingerprint density at radius 1 is 0.793 bits per heavy atom. The van der Waals surface area contributed by atoms with Crippen LogP contribution < -0.4 is 0 Å². The fraction of sp³-hybridized carbons (Fsp3) is 0.586. The van der Waals surface area contributed by atoms with E-state index in [1.165, 1.54) is 89.0 Å². The largest absolute Gasteiger partial charge is 0.0951 e. The summed E-state index contributed by atoms with van der Waals surface area (Å²) in [6.45, 7) is 4.55. The van der Waals surface area contributed by atoms with Gasteiger partial charge in [0.25, 0.3) is 0 Å². The SMILES string of the molecule is CCCCCCCc1ccc(C#C/C=C/C#CC2CCC(CCCC)CC2)cc1. The highest BCUT2D eigenvalue weighted by atomic mass is 14.2. The van der Waals surface area contributed by atoms with E-state index in [4.69, 9.17) is 0 Å². The van der Waals surface area contributed by atoms with Crippen LogP contribution in [0, 0.1) is 35.5 Å². The van der Waals surface area contributed by atoms with E-state index in [9.17, 15) is 0 Å². The van der Waals surface area contributed by atoms with E-state index in [0.29, 0.717) is 5.92 Å². The third kappa shape index (κ3) is 10.4. The third-order valence-corrected chi connectivity index (χ3v) is 6.09. The molecule has 0 N–H and O–H groups in total. The van der Waals surface area contributed by atoms with Gasteiger partial charge in [-0.15, -0.1) is 0 Å². The maximum absolute atomic E-state index is 3.43. The molecule has 0 unspecified atom stereocenters. The van der Waals surface area contributed by atoms with E-state index in [1.807, 2.05) is 12.2 Å². The van der Waals surface area contributed by atoms with Gasteiger partial charge in [-0.05, 0) is 74.3 Å². The van der Waals surface area contributed by atoms with Crippen molar-refractivity contribution in [3.05, 3.63) is 47.5 Å². The molecule has 0 atom stereocenters. The van der Waals surface area contributed by atoms with Crippen molar-refractivity contribution in [2.75, 3.05) is 0 Å². The molecule has 2 rings (SSSR count). The Hall–Kier alpha value is -1.92. The van der Waals surface area contributed by atoms with Crippen LogP contribution in [-0.2, 0) is 6.42 Å². The molecule has 0 heterocycles. The predicted molar refractivity (Wildman–Crippen MR) is 128 cm³/mol. The molecule has 156 valence electrons. The van der Waals surface area contributed by atoms with Gasteiger partial charge in [-0.2, -0.15) is 0 Å². The molecule has 0 aromatic heterocycles. The quantitative estimate of drug-likeness (QED) is 0.296. The molecule has 0 bridgehead atoms. The monoisotopic (exact) mass is 388 g/mol. The lowest BCUT2D eigenvalue weighted by atomic mass is 9.80. The van der Waals surface area contributed by atoms with E-state index in [0.717, 1.165) is 11.5 Å². The smallest absolute Gasteiger partial charge is 0.0249 e. The maximum Gasteiger partial charge on any atom is 0.0249 e. The second-order valence-electron chi connectivity index (χ2n) is 8.61. The average Bonchev–Trinajstić information content (AvgIpc) is 2.76. The summed E-state index contributed by atoms with van der Waals surface area (Å²) >= 11 is 0. The first kappa shape index (κ1) is 23.4. The van der Waals surface area contributed by atoms with Crippen LogP contribution in [0.5, 0.6) is 0 Å². The zero-order valence-electron chi connectivity index (χ0n) is 18.8. The number of unbranched alkanes of at least 4 members (excludes halogenated alkanes) is 5. The number of benzene rings is 1. The van der Waals surface area contributed by atoms with Gasteiger partial charge in [-0.3, -0.25) is 0 Å². The van der Waals surface area contributed by atoms with Crippen LogP contribution in [0.25, 0.3) is 0 Å². The molecule has 0 nitrogen and oxygen atoms in total. The van der Waals surface area contributed by atoms with Crippen molar-refractivity contribution in [2.45, 2.75) is 97.3 Å². The first-order valence-corrected chi connectivity index (χ1v) is 12.1. The standard InChI is InChI=1S/C29H40/c1-3-5-7-8-11-15-27-22-24-29(25-23-27)17-13-10-9-12-16-28-20-18-26(19-21-28)14-6-4-2/h9-10,22-26,28H,3-8,11,14-15,18-21H2,1-2H3/b10-9+. The molecule has 0 spiro atoms. The van der Waals surface area contributed by atoms with Gasteiger partial charge in [0.2, 0.25) is 0 Å². The first-order valence-electron chi connectivity index (χ1n) is 12.1. The van der Waals surface area contributed by atoms with Crippen LogP contribution in [0.1, 0.15) is 102 Å². The Labute approximate surface area is 180 Å². The third-order valence-electron chi connectivity index (χ3n) is 6.09. The van der Waals surface area contributed by atoms with E-state index in [2.05, 4.69) is 61.8 Å². The predicted octanol–water partition coefficient (Wildman–Crippen LogP) is 8.11. The van der Waals surface area contributed by atoms with Crippen LogP contribution in [0.2, 0.25) is 0 Å². The summed E-state index contributed by atoms with van der Waals surface area (Å²) in [4.78, 5) is 0. The zero-order chi connectivity index (χ0) is 20.6. The minimum Gasteiger partial charge on any atom is -0.0951 e. The van der Waals surface area contributed by atoms with Crippen LogP contribution in [0.15, 0.2) is 36.4 Å². The Morgan fingerprint density at radius 3 is 2.21 bits per heavy atom. The van der Waals surface area contributed by atoms with Crippen LogP contribution in [0.4, 0.5) is 0 Å². The summed E-state index contributed by atoms with van der Waals surface area (Å²) < 4.78 is 0. The Morgan fingerprint density at radius 2 is 1.48 bits per heavy atom. The van der Waals surface area contributed by atoms with E-state index in [1.54, 1.807) is 0 Å². The van der Waals surface area contributed by atoms with Gasteiger partial charge in [-0.25, -0.2) is 0 Å². The zero-order valence-corrected chi connectivity index (χ0v) is 18.8. The molecule has 1 aromatic rings. The van der Waals surface area contributed by atoms with Gasteiger partial charge in [-0.1, -0.05) is 94.6 Å². The van der Waals surface area contributed by atoms with Crippen LogP contribution in [0.3, 0.4) is 0 Å². The Bertz CT molecular complexity index is 690. The van der Waals surface area contributed by atoms with Crippen molar-refractivity contribution in [1.82, 2.24) is 0 Å². The van der Waals surface area contributed by atoms with E-state index < -0.39 is 0 Å². The Kier molecular flexibility index (Phi) is 12.1. The normalized spacial score (nSPS) is 18.7. The molecule has 1 aliphatic carbocycles. The molecule has 1 aliphatic rings. The topological polar surface area (TPSA) is 0 Å². The summed E-state index contributed by atoms with van der Waals surface area (Å²) in [6.07, 6.45) is 21.2. The summed E-state index contributed by atoms with van der Waals surface area (Å²) in [5.41, 5.74) is 2.51. The van der Waals surface area contributed by atoms with Crippen molar-refractivity contribution >= 4 is 0 Å². The van der Waals surface area contributed by atoms with Crippen LogP contribution in [-0.4, -0.2) is 0 Å². The van der Waals surface area contributed by atoms with E-state index >= 15 is 0 Å². The number of rotatable bonds is 9. The second-order valence-corrected chi connectivity index (χ2v) is 8.61. The number of hydrogen-bond donors (Lipinski definition) is 0. The van der Waals surface area contributed by atoms with Crippen molar-refractivity contribution in [1.29, 1.82) is 0 Å². The molecule has 0 radical (unpaired) electrons. The fourth-order valence-electron chi connectivity index (χ4n) is 4.15. The number of hydrogen-bond acceptors (Lipinski definition) is 0. The molecule has 1 fully saturated rings. The minimum absolute atomic E-state index is 0.597. The highest BCUT2D eigenvalue weighted by Crippen LogP contribution is 2.31. The number of allylic oxidation sites excluding steroid dienone is 2. The molecule has 1 aromatic carbocycles. The van der Waals surface area contributed by atoms with Crippen molar-refractivity contribution in [3.8, 4) is 23.7 Å². The summed E-state index contributed by atoms with van der Waals surface area (Å²) in [6, 6.07) is 8.74. The van der Waals surface area contributed by atoms with Gasteiger partial charge in [0.15, 0.2) is 0 Å². The molecule has 0 amide bonds. The van der Waals surface area contributed by atoms with Gasteiger partial charge in [0.1, 0.15) is 0 Å². The van der Waals surface area contributed by atoms with Gasteiger partial charge >= 0.3 is 0 Å². The lowest BCUT2D eigenvalue weighted by Crippen LogP contribution is -2.13. The molecular weight excluding hydrogens is 348 g/mol. The lowest BCUT2D eigenvalue weighted by Gasteiger charge is -2.25. The molecule has 1 saturated carbocycles. The second kappa shape index (κ2) is 15.0. The molecule has 0 aliphatic heterocycles. The summed E-state index contributed by atoms with van der Waals surface area (Å²) in [7, 11) is 0. The average molecular weight is 389 g/mol. The summed E-state index contributed by atoms with van der Waals surface area (Å²) in [5.74, 6) is 14.5. The fourth-order valence-corrected chi connectivity index (χ4v) is 4.15. The van der Waals surface area contributed by atoms with Crippen LogP contribution >= 0.6 is 0 Å². The van der Waals surface area contributed by atoms with Gasteiger partial charge < -0.3 is 0 Å². The molecule has 0 heteroatoms. The molecule has 0 saturated heterocycles. The van der Waals surface area contributed by atoms with Crippen molar-refractivity contribution in [2.24, 2.45) is 11.8 Å². The number of aryl methyl sites for hydroxylation is 1. The maximum atomic E-state index is 3.43. The minimum atomic E-state index is 0.597. The first-order chi connectivity index (χ1) is 14.3. The molecule has 29 heavy (non-hydrogen) atoms. The van der Waals surface area contributed by atoms with Gasteiger partial charge in [0.05, 0.1) is 0 Å². The van der Waals surface area contributed by atoms with Crippen molar-refractivity contribution < 1.29 is 0 Å². The van der Waals surface area contributed by atoms with E-state index in [-0.39, 0.29) is 0 Å². The Balaban J connectivity index is 1.67. The van der Waals surface area contributed by atoms with Gasteiger partial charge in [0, 0.05) is 11.5 Å². The lowest BCUT2D eigenvalue weighted by molar-refractivity contribution is 0.296. The summed E-state index contributed by atoms with van der Waals surface area (Å²) in [5, 5.41) is 0. The highest BCUT2D eigenvalue weighted by molar-refractivity contribution is 5.39. The molecular formula is C29H40. The van der Waals surface area contributed by atoms with Crippen molar-refractivity contribution in [3.63, 3.8) is 0 Å².